The van der Waals surface area contributed by atoms with Crippen LogP contribution in [0.4, 0.5) is 0 Å². The first-order valence-electron chi connectivity index (χ1n) is 9.17. The first kappa shape index (κ1) is 19.8. The molecule has 1 amide bonds. The van der Waals surface area contributed by atoms with Crippen molar-refractivity contribution >= 4 is 5.91 Å². The molecule has 0 aliphatic rings. The molecule has 0 spiro atoms. The molecule has 0 aromatic heterocycles. The molecular formula is C22H29NO3. The summed E-state index contributed by atoms with van der Waals surface area (Å²) in [6.45, 7) is 6.65. The number of methoxy groups -OCH3 is 1. The Bertz CT molecular complexity index is 690. The summed E-state index contributed by atoms with van der Waals surface area (Å²) in [6.07, 6.45) is 1.98. The number of rotatable bonds is 9. The lowest BCUT2D eigenvalue weighted by Crippen LogP contribution is -2.38. The second kappa shape index (κ2) is 9.85. The highest BCUT2D eigenvalue weighted by molar-refractivity contribution is 5.81. The van der Waals surface area contributed by atoms with Gasteiger partial charge in [-0.15, -0.1) is 0 Å². The van der Waals surface area contributed by atoms with Gasteiger partial charge in [-0.3, -0.25) is 4.79 Å². The van der Waals surface area contributed by atoms with E-state index in [4.69, 9.17) is 9.47 Å². The van der Waals surface area contributed by atoms with E-state index in [9.17, 15) is 4.79 Å². The van der Waals surface area contributed by atoms with Gasteiger partial charge in [0.2, 0.25) is 0 Å². The predicted molar refractivity (Wildman–Crippen MR) is 105 cm³/mol. The van der Waals surface area contributed by atoms with Crippen molar-refractivity contribution in [3.8, 4) is 11.5 Å². The summed E-state index contributed by atoms with van der Waals surface area (Å²) >= 11 is 0. The van der Waals surface area contributed by atoms with Crippen LogP contribution in [-0.2, 0) is 11.2 Å². The molecule has 2 rings (SSSR count). The molecular weight excluding hydrogens is 326 g/mol. The Labute approximate surface area is 156 Å². The largest absolute Gasteiger partial charge is 0.497 e. The molecule has 0 fully saturated rings. The molecule has 1 atom stereocenters. The van der Waals surface area contributed by atoms with Crippen LogP contribution in [0.25, 0.3) is 0 Å². The van der Waals surface area contributed by atoms with Crippen molar-refractivity contribution in [2.45, 2.75) is 46.1 Å². The van der Waals surface area contributed by atoms with E-state index in [-0.39, 0.29) is 5.91 Å². The SMILES string of the molecule is CC[C@H](Oc1cc(C)cc(C)c1)C(=O)NCCCc1ccc(OC)cc1. The number of ether oxygens (including phenoxy) is 2. The van der Waals surface area contributed by atoms with Crippen molar-refractivity contribution in [3.63, 3.8) is 0 Å². The molecule has 0 unspecified atom stereocenters. The van der Waals surface area contributed by atoms with E-state index >= 15 is 0 Å². The zero-order valence-electron chi connectivity index (χ0n) is 16.2. The van der Waals surface area contributed by atoms with E-state index in [2.05, 4.69) is 23.5 Å². The Morgan fingerprint density at radius 3 is 2.27 bits per heavy atom. The van der Waals surface area contributed by atoms with Crippen LogP contribution in [0.5, 0.6) is 11.5 Å². The number of carbonyl (C=O) groups excluding carboxylic acids is 1. The minimum atomic E-state index is -0.461. The Kier molecular flexibility index (Phi) is 7.52. The van der Waals surface area contributed by atoms with Crippen molar-refractivity contribution in [2.24, 2.45) is 0 Å². The lowest BCUT2D eigenvalue weighted by atomic mass is 10.1. The van der Waals surface area contributed by atoms with Crippen LogP contribution < -0.4 is 14.8 Å². The van der Waals surface area contributed by atoms with Gasteiger partial charge in [0.25, 0.3) is 5.91 Å². The number of amides is 1. The molecule has 0 aliphatic heterocycles. The number of benzene rings is 2. The predicted octanol–water partition coefficient (Wildman–Crippen LogP) is 4.22. The molecule has 4 heteroatoms. The Morgan fingerprint density at radius 1 is 1.04 bits per heavy atom. The third kappa shape index (κ3) is 6.10. The van der Waals surface area contributed by atoms with Crippen LogP contribution in [-0.4, -0.2) is 25.7 Å². The number of carbonyl (C=O) groups is 1. The topological polar surface area (TPSA) is 47.6 Å². The van der Waals surface area contributed by atoms with Gasteiger partial charge in [0, 0.05) is 6.54 Å². The van der Waals surface area contributed by atoms with Crippen LogP contribution in [0.3, 0.4) is 0 Å². The maximum absolute atomic E-state index is 12.4. The zero-order chi connectivity index (χ0) is 18.9. The molecule has 1 N–H and O–H groups in total. The molecule has 26 heavy (non-hydrogen) atoms. The second-order valence-corrected chi connectivity index (χ2v) is 6.58. The molecule has 0 saturated heterocycles. The highest BCUT2D eigenvalue weighted by Gasteiger charge is 2.18. The van der Waals surface area contributed by atoms with Crippen LogP contribution in [0.1, 0.15) is 36.5 Å². The van der Waals surface area contributed by atoms with Gasteiger partial charge in [0.15, 0.2) is 6.10 Å². The normalized spacial score (nSPS) is 11.7. The fourth-order valence-electron chi connectivity index (χ4n) is 2.90. The summed E-state index contributed by atoms with van der Waals surface area (Å²) in [5.41, 5.74) is 3.50. The average molecular weight is 355 g/mol. The summed E-state index contributed by atoms with van der Waals surface area (Å²) in [4.78, 5) is 12.4. The van der Waals surface area contributed by atoms with E-state index in [1.807, 2.05) is 45.0 Å². The van der Waals surface area contributed by atoms with Crippen molar-refractivity contribution in [2.75, 3.05) is 13.7 Å². The van der Waals surface area contributed by atoms with E-state index in [0.717, 1.165) is 35.5 Å². The minimum absolute atomic E-state index is 0.0543. The molecule has 0 heterocycles. The average Bonchev–Trinajstić information content (AvgIpc) is 2.62. The molecule has 2 aromatic rings. The number of hydrogen-bond acceptors (Lipinski definition) is 3. The van der Waals surface area contributed by atoms with Crippen molar-refractivity contribution in [1.82, 2.24) is 5.32 Å². The van der Waals surface area contributed by atoms with Crippen molar-refractivity contribution in [3.05, 3.63) is 59.2 Å². The molecule has 0 radical (unpaired) electrons. The Balaban J connectivity index is 1.79. The van der Waals surface area contributed by atoms with Crippen LogP contribution in [0, 0.1) is 13.8 Å². The zero-order valence-corrected chi connectivity index (χ0v) is 16.2. The maximum atomic E-state index is 12.4. The van der Waals surface area contributed by atoms with Gasteiger partial charge in [-0.1, -0.05) is 25.1 Å². The number of hydrogen-bond donors (Lipinski definition) is 1. The molecule has 4 nitrogen and oxygen atoms in total. The Hall–Kier alpha value is -2.49. The third-order valence-corrected chi connectivity index (χ3v) is 4.24. The van der Waals surface area contributed by atoms with Gasteiger partial charge in [0.05, 0.1) is 7.11 Å². The smallest absolute Gasteiger partial charge is 0.261 e. The van der Waals surface area contributed by atoms with Crippen LogP contribution >= 0.6 is 0 Å². The molecule has 140 valence electrons. The van der Waals surface area contributed by atoms with Gasteiger partial charge >= 0.3 is 0 Å². The van der Waals surface area contributed by atoms with E-state index in [1.54, 1.807) is 7.11 Å². The highest BCUT2D eigenvalue weighted by Crippen LogP contribution is 2.18. The Morgan fingerprint density at radius 2 is 1.69 bits per heavy atom. The quantitative estimate of drug-likeness (QED) is 0.685. The first-order chi connectivity index (χ1) is 12.5. The minimum Gasteiger partial charge on any atom is -0.497 e. The summed E-state index contributed by atoms with van der Waals surface area (Å²) in [5.74, 6) is 1.56. The van der Waals surface area contributed by atoms with Gasteiger partial charge < -0.3 is 14.8 Å². The van der Waals surface area contributed by atoms with Gasteiger partial charge in [-0.05, 0) is 74.1 Å². The highest BCUT2D eigenvalue weighted by atomic mass is 16.5. The van der Waals surface area contributed by atoms with E-state index < -0.39 is 6.10 Å². The van der Waals surface area contributed by atoms with E-state index in [1.165, 1.54) is 5.56 Å². The fourth-order valence-corrected chi connectivity index (χ4v) is 2.90. The van der Waals surface area contributed by atoms with Crippen LogP contribution in [0.2, 0.25) is 0 Å². The van der Waals surface area contributed by atoms with Crippen LogP contribution in [0.15, 0.2) is 42.5 Å². The number of aryl methyl sites for hydroxylation is 3. The summed E-state index contributed by atoms with van der Waals surface area (Å²) < 4.78 is 11.1. The summed E-state index contributed by atoms with van der Waals surface area (Å²) in [5, 5.41) is 2.99. The second-order valence-electron chi connectivity index (χ2n) is 6.58. The van der Waals surface area contributed by atoms with Gasteiger partial charge in [-0.25, -0.2) is 0 Å². The standard InChI is InChI=1S/C22H29NO3/c1-5-21(26-20-14-16(2)13-17(3)15-20)22(24)23-12-6-7-18-8-10-19(25-4)11-9-18/h8-11,13-15,21H,5-7,12H2,1-4H3,(H,23,24)/t21-/m0/s1. The summed E-state index contributed by atoms with van der Waals surface area (Å²) in [6, 6.07) is 14.0. The molecule has 0 saturated carbocycles. The molecule has 2 aromatic carbocycles. The lowest BCUT2D eigenvalue weighted by Gasteiger charge is -2.18. The van der Waals surface area contributed by atoms with Crippen molar-refractivity contribution < 1.29 is 14.3 Å². The lowest BCUT2D eigenvalue weighted by molar-refractivity contribution is -0.128. The maximum Gasteiger partial charge on any atom is 0.261 e. The molecule has 0 bridgehead atoms. The number of nitrogens with one attached hydrogen (secondary N) is 1. The fraction of sp³-hybridized carbons (Fsp3) is 0.409. The summed E-state index contributed by atoms with van der Waals surface area (Å²) in [7, 11) is 1.66. The third-order valence-electron chi connectivity index (χ3n) is 4.24. The van der Waals surface area contributed by atoms with Gasteiger partial charge in [0.1, 0.15) is 11.5 Å². The van der Waals surface area contributed by atoms with Crippen molar-refractivity contribution in [1.29, 1.82) is 0 Å². The van der Waals surface area contributed by atoms with E-state index in [0.29, 0.717) is 13.0 Å². The monoisotopic (exact) mass is 355 g/mol. The van der Waals surface area contributed by atoms with Gasteiger partial charge in [-0.2, -0.15) is 0 Å². The molecule has 0 aliphatic carbocycles. The first-order valence-corrected chi connectivity index (χ1v) is 9.17.